The van der Waals surface area contributed by atoms with Crippen LogP contribution in [0.25, 0.3) is 0 Å². The molecule has 1 aromatic rings. The molecule has 0 N–H and O–H groups in total. The molecule has 3 nitrogen and oxygen atoms in total. The van der Waals surface area contributed by atoms with Crippen molar-refractivity contribution in [2.24, 2.45) is 0 Å². The second-order valence-electron chi connectivity index (χ2n) is 4.11. The van der Waals surface area contributed by atoms with E-state index in [9.17, 15) is 0 Å². The Kier molecular flexibility index (Phi) is 3.52. The molecule has 86 valence electrons. The molecule has 1 aromatic carbocycles. The lowest BCUT2D eigenvalue weighted by Crippen LogP contribution is -2.26. The van der Waals surface area contributed by atoms with Crippen LogP contribution < -0.4 is 4.90 Å². The Labute approximate surface area is 106 Å². The lowest BCUT2D eigenvalue weighted by atomic mass is 10.2. The van der Waals surface area contributed by atoms with E-state index in [0.29, 0.717) is 23.0 Å². The van der Waals surface area contributed by atoms with Gasteiger partial charge in [-0.05, 0) is 31.0 Å². The topological polar surface area (TPSA) is 50.8 Å². The Balaban J connectivity index is 2.21. The highest BCUT2D eigenvalue weighted by Crippen LogP contribution is 2.33. The molecule has 0 unspecified atom stereocenters. The fraction of sp³-hybridized carbons (Fsp3) is 0.385. The van der Waals surface area contributed by atoms with Crippen LogP contribution in [0.4, 0.5) is 5.69 Å². The van der Waals surface area contributed by atoms with Crippen molar-refractivity contribution >= 4 is 17.3 Å². The van der Waals surface area contributed by atoms with E-state index < -0.39 is 0 Å². The van der Waals surface area contributed by atoms with Gasteiger partial charge >= 0.3 is 0 Å². The van der Waals surface area contributed by atoms with E-state index >= 15 is 0 Å². The minimum absolute atomic E-state index is 0.479. The van der Waals surface area contributed by atoms with Crippen LogP contribution in [-0.4, -0.2) is 12.6 Å². The molecule has 0 saturated heterocycles. The fourth-order valence-electron chi connectivity index (χ4n) is 1.85. The zero-order chi connectivity index (χ0) is 12.3. The molecule has 0 radical (unpaired) electrons. The minimum Gasteiger partial charge on any atom is -0.367 e. The van der Waals surface area contributed by atoms with Crippen molar-refractivity contribution in [1.29, 1.82) is 10.5 Å². The van der Waals surface area contributed by atoms with E-state index in [1.807, 2.05) is 18.2 Å². The van der Waals surface area contributed by atoms with Crippen molar-refractivity contribution in [3.8, 4) is 12.1 Å². The number of benzene rings is 1. The predicted octanol–water partition coefficient (Wildman–Crippen LogP) is 3.09. The van der Waals surface area contributed by atoms with Gasteiger partial charge in [-0.3, -0.25) is 0 Å². The maximum atomic E-state index is 8.82. The van der Waals surface area contributed by atoms with Crippen LogP contribution in [0.2, 0.25) is 5.02 Å². The highest BCUT2D eigenvalue weighted by atomic mass is 35.5. The van der Waals surface area contributed by atoms with Crippen LogP contribution in [0.15, 0.2) is 18.2 Å². The summed E-state index contributed by atoms with van der Waals surface area (Å²) in [7, 11) is 0. The third-order valence-electron chi connectivity index (χ3n) is 2.86. The summed E-state index contributed by atoms with van der Waals surface area (Å²) >= 11 is 6.02. The first-order valence-corrected chi connectivity index (χ1v) is 5.97. The zero-order valence-corrected chi connectivity index (χ0v) is 10.1. The van der Waals surface area contributed by atoms with E-state index in [1.54, 1.807) is 6.07 Å². The molecular weight excluding hydrogens is 234 g/mol. The Hall–Kier alpha value is -1.71. The van der Waals surface area contributed by atoms with Crippen molar-refractivity contribution in [2.75, 3.05) is 11.4 Å². The SMILES string of the molecule is N#CCCN(c1ccc(C#N)c(Cl)c1)C1CC1. The normalized spacial score (nSPS) is 13.8. The molecule has 0 heterocycles. The molecule has 17 heavy (non-hydrogen) atoms. The number of nitriles is 2. The molecular formula is C13H12ClN3. The number of hydrogen-bond acceptors (Lipinski definition) is 3. The van der Waals surface area contributed by atoms with E-state index in [4.69, 9.17) is 22.1 Å². The maximum absolute atomic E-state index is 8.82. The molecule has 0 bridgehead atoms. The summed E-state index contributed by atoms with van der Waals surface area (Å²) in [6.07, 6.45) is 2.85. The summed E-state index contributed by atoms with van der Waals surface area (Å²) in [5, 5.41) is 18.0. The third-order valence-corrected chi connectivity index (χ3v) is 3.17. The number of anilines is 1. The smallest absolute Gasteiger partial charge is 0.101 e. The van der Waals surface area contributed by atoms with Crippen LogP contribution in [0.5, 0.6) is 0 Å². The summed E-state index contributed by atoms with van der Waals surface area (Å²) in [5.74, 6) is 0. The van der Waals surface area contributed by atoms with Crippen LogP contribution in [0.1, 0.15) is 24.8 Å². The largest absolute Gasteiger partial charge is 0.367 e. The van der Waals surface area contributed by atoms with Gasteiger partial charge in [-0.15, -0.1) is 0 Å². The number of halogens is 1. The summed E-state index contributed by atoms with van der Waals surface area (Å²) in [4.78, 5) is 2.20. The minimum atomic E-state index is 0.479. The highest BCUT2D eigenvalue weighted by molar-refractivity contribution is 6.32. The molecule has 2 rings (SSSR count). The molecule has 1 saturated carbocycles. The van der Waals surface area contributed by atoms with Gasteiger partial charge in [0.2, 0.25) is 0 Å². The molecule has 1 aliphatic carbocycles. The Morgan fingerprint density at radius 1 is 1.35 bits per heavy atom. The highest BCUT2D eigenvalue weighted by Gasteiger charge is 2.29. The van der Waals surface area contributed by atoms with Crippen molar-refractivity contribution < 1.29 is 0 Å². The van der Waals surface area contributed by atoms with Gasteiger partial charge in [0, 0.05) is 18.3 Å². The van der Waals surface area contributed by atoms with E-state index in [2.05, 4.69) is 11.0 Å². The standard InChI is InChI=1S/C13H12ClN3/c14-13-8-12(3-2-10(13)9-16)17(7-1-6-15)11-4-5-11/h2-3,8,11H,1,4-5,7H2. The summed E-state index contributed by atoms with van der Waals surface area (Å²) in [6, 6.07) is 10.2. The van der Waals surface area contributed by atoms with Crippen LogP contribution in [0, 0.1) is 22.7 Å². The first kappa shape index (κ1) is 11.8. The van der Waals surface area contributed by atoms with Gasteiger partial charge in [0.15, 0.2) is 0 Å². The lowest BCUT2D eigenvalue weighted by Gasteiger charge is -2.23. The summed E-state index contributed by atoms with van der Waals surface area (Å²) in [6.45, 7) is 0.726. The zero-order valence-electron chi connectivity index (χ0n) is 9.36. The van der Waals surface area contributed by atoms with Gasteiger partial charge in [-0.25, -0.2) is 0 Å². The quantitative estimate of drug-likeness (QED) is 0.819. The first-order chi connectivity index (χ1) is 8.26. The average molecular weight is 246 g/mol. The number of rotatable bonds is 4. The average Bonchev–Trinajstić information content (AvgIpc) is 3.14. The van der Waals surface area contributed by atoms with Crippen molar-refractivity contribution in [3.63, 3.8) is 0 Å². The van der Waals surface area contributed by atoms with Gasteiger partial charge < -0.3 is 4.90 Å². The Morgan fingerprint density at radius 2 is 2.12 bits per heavy atom. The van der Waals surface area contributed by atoms with Gasteiger partial charge in [-0.2, -0.15) is 10.5 Å². The second kappa shape index (κ2) is 5.08. The monoisotopic (exact) mass is 245 g/mol. The van der Waals surface area contributed by atoms with Gasteiger partial charge in [0.05, 0.1) is 23.1 Å². The Morgan fingerprint density at radius 3 is 2.65 bits per heavy atom. The number of nitrogens with zero attached hydrogens (tertiary/aromatic N) is 3. The fourth-order valence-corrected chi connectivity index (χ4v) is 2.07. The van der Waals surface area contributed by atoms with Gasteiger partial charge in [-0.1, -0.05) is 11.6 Å². The molecule has 1 aliphatic rings. The van der Waals surface area contributed by atoms with Gasteiger partial charge in [0.1, 0.15) is 6.07 Å². The van der Waals surface area contributed by atoms with Gasteiger partial charge in [0.25, 0.3) is 0 Å². The second-order valence-corrected chi connectivity index (χ2v) is 4.52. The van der Waals surface area contributed by atoms with E-state index in [0.717, 1.165) is 12.2 Å². The van der Waals surface area contributed by atoms with Crippen LogP contribution in [0.3, 0.4) is 0 Å². The van der Waals surface area contributed by atoms with Crippen LogP contribution in [-0.2, 0) is 0 Å². The van der Waals surface area contributed by atoms with Crippen molar-refractivity contribution in [2.45, 2.75) is 25.3 Å². The number of hydrogen-bond donors (Lipinski definition) is 0. The molecule has 0 amide bonds. The molecule has 0 aliphatic heterocycles. The summed E-state index contributed by atoms with van der Waals surface area (Å²) in [5.41, 5.74) is 1.50. The van der Waals surface area contributed by atoms with E-state index in [-0.39, 0.29) is 0 Å². The molecule has 0 atom stereocenters. The van der Waals surface area contributed by atoms with E-state index in [1.165, 1.54) is 12.8 Å². The van der Waals surface area contributed by atoms with Crippen LogP contribution >= 0.6 is 11.6 Å². The maximum Gasteiger partial charge on any atom is 0.101 e. The third kappa shape index (κ3) is 2.70. The predicted molar refractivity (Wildman–Crippen MR) is 66.8 cm³/mol. The molecule has 4 heteroatoms. The lowest BCUT2D eigenvalue weighted by molar-refractivity contribution is 0.793. The molecule has 0 spiro atoms. The first-order valence-electron chi connectivity index (χ1n) is 5.59. The van der Waals surface area contributed by atoms with Crippen molar-refractivity contribution in [3.05, 3.63) is 28.8 Å². The molecule has 0 aromatic heterocycles. The van der Waals surface area contributed by atoms with Crippen molar-refractivity contribution in [1.82, 2.24) is 0 Å². The molecule has 1 fully saturated rings. The Bertz CT molecular complexity index is 494. The summed E-state index contributed by atoms with van der Waals surface area (Å²) < 4.78 is 0.